The van der Waals surface area contributed by atoms with E-state index in [1.54, 1.807) is 32.0 Å². The van der Waals surface area contributed by atoms with Crippen LogP contribution >= 0.6 is 11.6 Å². The van der Waals surface area contributed by atoms with Crippen molar-refractivity contribution >= 4 is 28.8 Å². The zero-order valence-corrected chi connectivity index (χ0v) is 23.4. The average Bonchev–Trinajstić information content (AvgIpc) is 2.81. The fourth-order valence-electron chi connectivity index (χ4n) is 5.72. The predicted octanol–water partition coefficient (Wildman–Crippen LogP) is 4.52. The van der Waals surface area contributed by atoms with E-state index in [-0.39, 0.29) is 36.6 Å². The molecule has 2 aromatic rings. The van der Waals surface area contributed by atoms with E-state index in [0.717, 1.165) is 6.42 Å². The zero-order valence-electron chi connectivity index (χ0n) is 22.6. The number of aliphatic hydroxyl groups excluding tert-OH is 1. The maximum Gasteiger partial charge on any atom is 0.266 e. The Morgan fingerprint density at radius 1 is 1.26 bits per heavy atom. The summed E-state index contributed by atoms with van der Waals surface area (Å²) in [5.41, 5.74) is 5.76. The number of hydrogen-bond donors (Lipinski definition) is 3. The Kier molecular flexibility index (Phi) is 8.21. The normalized spacial score (nSPS) is 18.9. The van der Waals surface area contributed by atoms with E-state index in [0.29, 0.717) is 58.6 Å². The molecule has 212 valence electrons. The Bertz CT molecular complexity index is 1280. The first-order chi connectivity index (χ1) is 18.3. The summed E-state index contributed by atoms with van der Waals surface area (Å²) in [4.78, 5) is 24.0. The van der Waals surface area contributed by atoms with Gasteiger partial charge in [0.05, 0.1) is 22.4 Å². The number of halogens is 3. The molecule has 1 atom stereocenters. The van der Waals surface area contributed by atoms with Crippen LogP contribution in [0.2, 0.25) is 5.02 Å². The third-order valence-corrected chi connectivity index (χ3v) is 7.80. The minimum absolute atomic E-state index is 0.0214. The van der Waals surface area contributed by atoms with Gasteiger partial charge in [-0.15, -0.1) is 0 Å². The number of alkyl halides is 2. The van der Waals surface area contributed by atoms with Gasteiger partial charge in [0.1, 0.15) is 23.8 Å². The molecule has 0 radical (unpaired) electrons. The van der Waals surface area contributed by atoms with Crippen LogP contribution < -0.4 is 15.4 Å². The van der Waals surface area contributed by atoms with Crippen LogP contribution in [0.5, 0.6) is 5.75 Å². The number of ketones is 1. The highest BCUT2D eigenvalue weighted by Gasteiger charge is 2.63. The van der Waals surface area contributed by atoms with Crippen molar-refractivity contribution in [3.05, 3.63) is 40.2 Å². The number of rotatable bonds is 10. The third kappa shape index (κ3) is 5.73. The van der Waals surface area contributed by atoms with Gasteiger partial charge in [-0.25, -0.2) is 18.7 Å². The fraction of sp³-hybridized carbons (Fsp3) is 0.536. The number of carbonyl (C=O) groups is 1. The summed E-state index contributed by atoms with van der Waals surface area (Å²) in [5, 5.41) is 20.5. The Morgan fingerprint density at radius 2 is 1.92 bits per heavy atom. The van der Waals surface area contributed by atoms with Crippen molar-refractivity contribution in [3.8, 4) is 17.1 Å². The van der Waals surface area contributed by atoms with Crippen molar-refractivity contribution < 1.29 is 28.5 Å². The lowest BCUT2D eigenvalue weighted by atomic mass is 9.55. The fourth-order valence-corrected chi connectivity index (χ4v) is 5.92. The number of nitrogens with two attached hydrogens (primary N) is 1. The molecular weight excluding hydrogens is 530 g/mol. The summed E-state index contributed by atoms with van der Waals surface area (Å²) in [6, 6.07) is 5.01. The zero-order chi connectivity index (χ0) is 28.7. The molecule has 2 fully saturated rings. The minimum Gasteiger partial charge on any atom is -0.491 e. The molecule has 1 aliphatic carbocycles. The summed E-state index contributed by atoms with van der Waals surface area (Å²) in [7, 11) is 0. The lowest BCUT2D eigenvalue weighted by Gasteiger charge is -2.62. The van der Waals surface area contributed by atoms with Gasteiger partial charge in [0.2, 0.25) is 0 Å². The van der Waals surface area contributed by atoms with E-state index < -0.39 is 23.5 Å². The summed E-state index contributed by atoms with van der Waals surface area (Å²) in [6.07, 6.45) is -1.91. The molecule has 39 heavy (non-hydrogen) atoms. The Balaban J connectivity index is 1.72. The Morgan fingerprint density at radius 3 is 2.49 bits per heavy atom. The topological polar surface area (TPSA) is 122 Å². The summed E-state index contributed by atoms with van der Waals surface area (Å²) < 4.78 is 32.2. The standard InChI is InChI=1S/C28H35ClF2N4O4/c1-5-6-18(37)10-39-19-7-8-21(29)20(9-19)24-33-23(22(16(3)32)17(4)36)15(2)25(34-24)35-13-27(14-35)11-28(38,12-27)26(30)31/h7-9,18,26,37-38H,5-6,10-14,32H2,1-4H3/t18-/m1/s1. The van der Waals surface area contributed by atoms with Crippen LogP contribution in [0.4, 0.5) is 14.6 Å². The SMILES string of the molecule is CCC[C@@H](O)COc1ccc(Cl)c(-c2nc(C(C(C)=O)=C(C)N)c(C)c(N3CC4(C3)CC(O)(C(F)F)C4)n2)c1. The molecule has 4 N–H and O–H groups in total. The second kappa shape index (κ2) is 11.0. The van der Waals surface area contributed by atoms with Crippen LogP contribution in [0, 0.1) is 12.3 Å². The first kappa shape index (κ1) is 29.2. The summed E-state index contributed by atoms with van der Waals surface area (Å²) in [6.45, 7) is 7.79. The lowest BCUT2D eigenvalue weighted by Crippen LogP contribution is -2.70. The number of Topliss-reactive ketones (excluding diaryl/α,β-unsaturated/α-hetero) is 1. The molecule has 8 nitrogen and oxygen atoms in total. The Labute approximate surface area is 231 Å². The molecule has 1 aromatic heterocycles. The second-order valence-corrected chi connectivity index (χ2v) is 11.4. The van der Waals surface area contributed by atoms with Crippen LogP contribution in [-0.2, 0) is 4.79 Å². The number of hydrogen-bond acceptors (Lipinski definition) is 8. The number of aromatic nitrogens is 2. The number of nitrogens with zero attached hydrogens (tertiary/aromatic N) is 3. The van der Waals surface area contributed by atoms with Crippen LogP contribution in [-0.4, -0.2) is 63.8 Å². The van der Waals surface area contributed by atoms with Crippen LogP contribution in [0.25, 0.3) is 17.0 Å². The summed E-state index contributed by atoms with van der Waals surface area (Å²) in [5.74, 6) is 0.989. The smallest absolute Gasteiger partial charge is 0.266 e. The Hall–Kier alpha value is -2.82. The van der Waals surface area contributed by atoms with Gasteiger partial charge in [0.25, 0.3) is 6.43 Å². The molecule has 2 heterocycles. The van der Waals surface area contributed by atoms with Gasteiger partial charge < -0.3 is 25.6 Å². The van der Waals surface area contributed by atoms with Crippen LogP contribution in [0.3, 0.4) is 0 Å². The number of ether oxygens (including phenoxy) is 1. The molecule has 1 saturated carbocycles. The molecule has 0 amide bonds. The van der Waals surface area contributed by atoms with Crippen molar-refractivity contribution in [2.45, 2.75) is 71.5 Å². The van der Waals surface area contributed by atoms with Gasteiger partial charge in [0.15, 0.2) is 11.6 Å². The molecule has 2 aliphatic rings. The first-order valence-corrected chi connectivity index (χ1v) is 13.4. The number of aliphatic hydroxyl groups is 2. The predicted molar refractivity (Wildman–Crippen MR) is 146 cm³/mol. The molecule has 0 bridgehead atoms. The molecular formula is C28H35ClF2N4O4. The maximum absolute atomic E-state index is 13.2. The van der Waals surface area contributed by atoms with E-state index in [9.17, 15) is 23.8 Å². The molecule has 1 aliphatic heterocycles. The lowest BCUT2D eigenvalue weighted by molar-refractivity contribution is -0.209. The highest BCUT2D eigenvalue weighted by Crippen LogP contribution is 2.57. The van der Waals surface area contributed by atoms with Crippen molar-refractivity contribution in [2.24, 2.45) is 11.1 Å². The highest BCUT2D eigenvalue weighted by molar-refractivity contribution is 6.33. The first-order valence-electron chi connectivity index (χ1n) is 13.0. The molecule has 11 heteroatoms. The summed E-state index contributed by atoms with van der Waals surface area (Å²) >= 11 is 6.56. The van der Waals surface area contributed by atoms with E-state index in [2.05, 4.69) is 0 Å². The van der Waals surface area contributed by atoms with Crippen molar-refractivity contribution in [1.29, 1.82) is 0 Å². The molecule has 0 unspecified atom stereocenters. The van der Waals surface area contributed by atoms with E-state index in [4.69, 9.17) is 32.0 Å². The minimum atomic E-state index is -2.79. The van der Waals surface area contributed by atoms with Crippen LogP contribution in [0.15, 0.2) is 23.9 Å². The number of anilines is 1. The van der Waals surface area contributed by atoms with Crippen LogP contribution in [0.1, 0.15) is 57.7 Å². The largest absolute Gasteiger partial charge is 0.491 e. The van der Waals surface area contributed by atoms with E-state index in [1.165, 1.54) is 6.92 Å². The van der Waals surface area contributed by atoms with Gasteiger partial charge in [-0.2, -0.15) is 0 Å². The highest BCUT2D eigenvalue weighted by atomic mass is 35.5. The second-order valence-electron chi connectivity index (χ2n) is 11.0. The average molecular weight is 565 g/mol. The quantitative estimate of drug-likeness (QED) is 0.360. The van der Waals surface area contributed by atoms with Gasteiger partial charge in [-0.3, -0.25) is 4.79 Å². The third-order valence-electron chi connectivity index (χ3n) is 7.47. The number of allylic oxidation sites excluding steroid dienone is 2. The van der Waals surface area contributed by atoms with Crippen molar-refractivity contribution in [1.82, 2.24) is 9.97 Å². The maximum atomic E-state index is 13.2. The molecule has 1 spiro atoms. The molecule has 1 aromatic carbocycles. The molecule has 4 rings (SSSR count). The van der Waals surface area contributed by atoms with E-state index >= 15 is 0 Å². The van der Waals surface area contributed by atoms with Gasteiger partial charge >= 0.3 is 0 Å². The molecule has 1 saturated heterocycles. The van der Waals surface area contributed by atoms with Crippen molar-refractivity contribution in [3.63, 3.8) is 0 Å². The van der Waals surface area contributed by atoms with Gasteiger partial charge in [-0.1, -0.05) is 24.9 Å². The van der Waals surface area contributed by atoms with Gasteiger partial charge in [-0.05, 0) is 58.2 Å². The number of benzene rings is 1. The monoisotopic (exact) mass is 564 g/mol. The van der Waals surface area contributed by atoms with Crippen molar-refractivity contribution in [2.75, 3.05) is 24.6 Å². The number of carbonyl (C=O) groups excluding carboxylic acids is 1. The van der Waals surface area contributed by atoms with E-state index in [1.807, 2.05) is 11.8 Å². The van der Waals surface area contributed by atoms with Gasteiger partial charge in [0, 0.05) is 35.3 Å².